The number of ketones is 2. The highest BCUT2D eigenvalue weighted by Gasteiger charge is 2.54. The third kappa shape index (κ3) is 9.59. The first kappa shape index (κ1) is 44.8. The average Bonchev–Trinajstić information content (AvgIpc) is 3.81. The molecule has 2 aliphatic heterocycles. The van der Waals surface area contributed by atoms with Gasteiger partial charge in [-0.1, -0.05) is 91.3 Å². The van der Waals surface area contributed by atoms with Crippen LogP contribution in [0.2, 0.25) is 36.3 Å². The van der Waals surface area contributed by atoms with Gasteiger partial charge in [-0.3, -0.25) is 0 Å². The number of carbonyl (C=O) groups is 2. The van der Waals surface area contributed by atoms with Crippen molar-refractivity contribution in [2.24, 2.45) is 11.8 Å². The smallest absolute Gasteiger partial charge is 0.192 e. The van der Waals surface area contributed by atoms with E-state index in [1.165, 1.54) is 22.3 Å². The Balaban J connectivity index is 0.000000214. The van der Waals surface area contributed by atoms with Gasteiger partial charge in [0.1, 0.15) is 35.3 Å². The summed E-state index contributed by atoms with van der Waals surface area (Å²) >= 11 is 0. The lowest BCUT2D eigenvalue weighted by Crippen LogP contribution is -2.45. The fourth-order valence-corrected chi connectivity index (χ4v) is 11.9. The summed E-state index contributed by atoms with van der Waals surface area (Å²) in [7, 11) is -3.70. The molecule has 6 rings (SSSR count). The second-order valence-corrected chi connectivity index (χ2v) is 29.9. The summed E-state index contributed by atoms with van der Waals surface area (Å²) in [5.74, 6) is 3.83. The molecule has 0 radical (unpaired) electrons. The zero-order valence-corrected chi connectivity index (χ0v) is 39.1. The number of rotatable bonds is 14. The molecule has 2 unspecified atom stereocenters. The van der Waals surface area contributed by atoms with Crippen molar-refractivity contribution in [3.05, 3.63) is 58.7 Å². The Bertz CT molecular complexity index is 1560. The third-order valence-electron chi connectivity index (χ3n) is 14.3. The van der Waals surface area contributed by atoms with Crippen LogP contribution in [0.5, 0.6) is 11.5 Å². The van der Waals surface area contributed by atoms with Crippen LogP contribution in [0.4, 0.5) is 0 Å². The molecule has 9 heteroatoms. The number of hydrogen-bond acceptors (Lipinski definition) is 7. The normalized spacial score (nSPS) is 26.7. The minimum atomic E-state index is -1.91. The fourth-order valence-electron chi connectivity index (χ4n) is 9.12. The van der Waals surface area contributed by atoms with E-state index >= 15 is 0 Å². The molecule has 0 saturated heterocycles. The molecule has 0 aromatic heterocycles. The first-order chi connectivity index (χ1) is 26.1. The van der Waals surface area contributed by atoms with E-state index in [9.17, 15) is 14.7 Å². The summed E-state index contributed by atoms with van der Waals surface area (Å²) in [5.41, 5.74) is 5.04. The number of benzene rings is 2. The van der Waals surface area contributed by atoms with Gasteiger partial charge in [-0.25, -0.2) is 0 Å². The maximum atomic E-state index is 11.3. The minimum absolute atomic E-state index is 0.0513. The van der Waals surface area contributed by atoms with Crippen LogP contribution in [0.25, 0.3) is 0 Å². The van der Waals surface area contributed by atoms with Gasteiger partial charge in [0.2, 0.25) is 0 Å². The molecule has 2 fully saturated rings. The summed E-state index contributed by atoms with van der Waals surface area (Å²) in [6, 6.07) is 12.9. The topological polar surface area (TPSA) is 91.3 Å². The second kappa shape index (κ2) is 17.5. The summed E-state index contributed by atoms with van der Waals surface area (Å²) in [5, 5.41) is 10.6. The molecule has 2 aromatic carbocycles. The molecule has 2 aliphatic carbocycles. The van der Waals surface area contributed by atoms with Crippen molar-refractivity contribution in [3.63, 3.8) is 0 Å². The first-order valence-electron chi connectivity index (χ1n) is 21.6. The van der Waals surface area contributed by atoms with E-state index in [-0.39, 0.29) is 58.4 Å². The lowest BCUT2D eigenvalue weighted by atomic mass is 9.85. The van der Waals surface area contributed by atoms with E-state index in [0.717, 1.165) is 56.4 Å². The van der Waals surface area contributed by atoms with Crippen molar-refractivity contribution in [2.45, 2.75) is 193 Å². The molecule has 0 spiro atoms. The predicted octanol–water partition coefficient (Wildman–Crippen LogP) is 11.1. The van der Waals surface area contributed by atoms with Crippen LogP contribution in [0.15, 0.2) is 36.4 Å². The summed E-state index contributed by atoms with van der Waals surface area (Å²) in [6.07, 6.45) is 8.42. The standard InChI is InChI=1S/C24H38O3Si.C23H36O4Si/c1-8-18-20(27-28(6,7)24(3,4)5)15-21-22(18)19-14-10-13-17(23(19)26-21)12-9-11-16(2)25;1-15(25)9-7-10-16-11-8-12-17-21-18(14-24)19(13-20(21)26-22(16)17)27-28(5,6)23(2,3)4/h10,13-14,18,20-22H,8-9,11-12,15H2,1-7H3;8,11-12,18-21,24H,7,9-10,13-14H2,1-6H3/t18-,20?,21-,22-;18-,19?,20-,21+/m00/s1. The van der Waals surface area contributed by atoms with Crippen LogP contribution < -0.4 is 9.47 Å². The van der Waals surface area contributed by atoms with Gasteiger partial charge in [0.05, 0.1) is 12.2 Å². The van der Waals surface area contributed by atoms with Gasteiger partial charge in [-0.2, -0.15) is 0 Å². The van der Waals surface area contributed by atoms with Gasteiger partial charge in [0.15, 0.2) is 16.6 Å². The van der Waals surface area contributed by atoms with E-state index in [1.807, 2.05) is 0 Å². The first-order valence-corrected chi connectivity index (χ1v) is 27.4. The second-order valence-electron chi connectivity index (χ2n) is 20.4. The number of ether oxygens (including phenoxy) is 2. The van der Waals surface area contributed by atoms with Crippen molar-refractivity contribution < 1.29 is 33.0 Å². The van der Waals surface area contributed by atoms with Crippen molar-refractivity contribution in [1.82, 2.24) is 0 Å². The molecule has 2 aromatic rings. The molecule has 0 bridgehead atoms. The SMILES string of the molecule is CC(=O)CCCc1cccc2c1O[C@H]1CC(O[Si](C)(C)C(C)(C)C)[C@H](CO)[C@@H]21.CC[C@H]1C(O[Si](C)(C)C(C)(C)C)C[C@@H]2Oc3c(CCCC(C)=O)cccc3[C@@H]21. The molecule has 8 atom stereocenters. The molecule has 2 heterocycles. The highest BCUT2D eigenvalue weighted by Crippen LogP contribution is 2.55. The van der Waals surface area contributed by atoms with Gasteiger partial charge < -0.3 is 33.0 Å². The largest absolute Gasteiger partial charge is 0.489 e. The zero-order valence-electron chi connectivity index (χ0n) is 37.1. The lowest BCUT2D eigenvalue weighted by Gasteiger charge is -2.40. The van der Waals surface area contributed by atoms with Gasteiger partial charge in [0, 0.05) is 61.2 Å². The van der Waals surface area contributed by atoms with Gasteiger partial charge in [-0.05, 0) is 92.8 Å². The van der Waals surface area contributed by atoms with E-state index in [2.05, 4.69) is 111 Å². The number of para-hydroxylation sites is 2. The zero-order chi connectivity index (χ0) is 41.4. The molecular weight excluding hydrogens is 733 g/mol. The Morgan fingerprint density at radius 1 is 0.696 bits per heavy atom. The van der Waals surface area contributed by atoms with Crippen molar-refractivity contribution in [1.29, 1.82) is 0 Å². The van der Waals surface area contributed by atoms with Gasteiger partial charge in [-0.15, -0.1) is 0 Å². The molecule has 7 nitrogen and oxygen atoms in total. The molecule has 312 valence electrons. The van der Waals surface area contributed by atoms with Crippen molar-refractivity contribution >= 4 is 28.2 Å². The number of carbonyl (C=O) groups excluding carboxylic acids is 2. The maximum absolute atomic E-state index is 11.3. The Labute approximate surface area is 341 Å². The number of fused-ring (bicyclic) bond motifs is 6. The highest BCUT2D eigenvalue weighted by atomic mass is 28.4. The van der Waals surface area contributed by atoms with Crippen LogP contribution in [-0.2, 0) is 31.3 Å². The molecule has 0 amide bonds. The predicted molar refractivity (Wildman–Crippen MR) is 232 cm³/mol. The quantitative estimate of drug-likeness (QED) is 0.190. The third-order valence-corrected chi connectivity index (χ3v) is 23.3. The average molecular weight is 807 g/mol. The number of Topliss-reactive ketones (excluding diaryl/α,β-unsaturated/α-hetero) is 2. The number of aliphatic hydroxyl groups is 1. The summed E-state index contributed by atoms with van der Waals surface area (Å²) < 4.78 is 26.5. The van der Waals surface area contributed by atoms with Crippen LogP contribution >= 0.6 is 0 Å². The van der Waals surface area contributed by atoms with Crippen LogP contribution in [-0.4, -0.2) is 64.3 Å². The summed E-state index contributed by atoms with van der Waals surface area (Å²) in [4.78, 5) is 22.5. The molecule has 1 N–H and O–H groups in total. The lowest BCUT2D eigenvalue weighted by molar-refractivity contribution is -0.117. The Kier molecular flexibility index (Phi) is 14.0. The fraction of sp³-hybridized carbons (Fsp3) is 0.702. The maximum Gasteiger partial charge on any atom is 0.192 e. The van der Waals surface area contributed by atoms with Crippen LogP contribution in [0, 0.1) is 11.8 Å². The monoisotopic (exact) mass is 806 g/mol. The molecule has 2 saturated carbocycles. The molecule has 4 aliphatic rings. The van der Waals surface area contributed by atoms with Crippen molar-refractivity contribution in [2.75, 3.05) is 6.61 Å². The van der Waals surface area contributed by atoms with Crippen LogP contribution in [0.1, 0.15) is 141 Å². The van der Waals surface area contributed by atoms with Crippen LogP contribution in [0.3, 0.4) is 0 Å². The number of aliphatic hydroxyl groups excluding tert-OH is 1. The van der Waals surface area contributed by atoms with E-state index < -0.39 is 16.6 Å². The van der Waals surface area contributed by atoms with Gasteiger partial charge >= 0.3 is 0 Å². The van der Waals surface area contributed by atoms with E-state index in [1.54, 1.807) is 13.8 Å². The van der Waals surface area contributed by atoms with E-state index in [0.29, 0.717) is 30.8 Å². The number of hydrogen-bond donors (Lipinski definition) is 1. The Morgan fingerprint density at radius 3 is 1.45 bits per heavy atom. The minimum Gasteiger partial charge on any atom is -0.489 e. The van der Waals surface area contributed by atoms with Gasteiger partial charge in [0.25, 0.3) is 0 Å². The summed E-state index contributed by atoms with van der Waals surface area (Å²) in [6.45, 7) is 28.7. The van der Waals surface area contributed by atoms with E-state index in [4.69, 9.17) is 18.3 Å². The molecule has 56 heavy (non-hydrogen) atoms. The highest BCUT2D eigenvalue weighted by molar-refractivity contribution is 6.74. The van der Waals surface area contributed by atoms with Crippen molar-refractivity contribution in [3.8, 4) is 11.5 Å². The number of aryl methyl sites for hydroxylation is 2. The Hall–Kier alpha value is -2.31. The Morgan fingerprint density at radius 2 is 1.09 bits per heavy atom. The molecular formula is C47H74O7Si2.